The average molecular weight is 493 g/mol. The average Bonchev–Trinajstić information content (AvgIpc) is 3.50. The van der Waals surface area contributed by atoms with Crippen LogP contribution in [0.5, 0.6) is 5.75 Å². The fourth-order valence-electron chi connectivity index (χ4n) is 5.33. The van der Waals surface area contributed by atoms with E-state index in [0.29, 0.717) is 25.9 Å². The Morgan fingerprint density at radius 2 is 2.06 bits per heavy atom. The van der Waals surface area contributed by atoms with E-state index in [1.165, 1.54) is 11.0 Å². The van der Waals surface area contributed by atoms with Crippen LogP contribution in [0.25, 0.3) is 0 Å². The lowest BCUT2D eigenvalue weighted by Crippen LogP contribution is -2.55. The lowest BCUT2D eigenvalue weighted by atomic mass is 9.89. The van der Waals surface area contributed by atoms with Crippen molar-refractivity contribution in [1.29, 1.82) is 0 Å². The predicted octanol–water partition coefficient (Wildman–Crippen LogP) is 3.05. The maximum atomic E-state index is 14.4. The lowest BCUT2D eigenvalue weighted by Gasteiger charge is -2.38. The van der Waals surface area contributed by atoms with Crippen LogP contribution >= 0.6 is 0 Å². The number of hydrogen-bond acceptors (Lipinski definition) is 6. The van der Waals surface area contributed by atoms with E-state index in [-0.39, 0.29) is 53.4 Å². The minimum Gasteiger partial charge on any atom is -0.484 e. The number of halogens is 2. The Morgan fingerprint density at radius 1 is 1.34 bits per heavy atom. The van der Waals surface area contributed by atoms with E-state index >= 15 is 0 Å². The zero-order chi connectivity index (χ0) is 25.7. The van der Waals surface area contributed by atoms with Gasteiger partial charge >= 0.3 is 0 Å². The summed E-state index contributed by atoms with van der Waals surface area (Å²) in [6.07, 6.45) is 1.67. The molecule has 3 N–H and O–H groups in total. The summed E-state index contributed by atoms with van der Waals surface area (Å²) in [4.78, 5) is 32.2. The van der Waals surface area contributed by atoms with Gasteiger partial charge in [0.2, 0.25) is 11.8 Å². The summed E-state index contributed by atoms with van der Waals surface area (Å²) < 4.78 is 39.4. The number of guanidine groups is 1. The van der Waals surface area contributed by atoms with Gasteiger partial charge in [-0.15, -0.1) is 0 Å². The van der Waals surface area contributed by atoms with Gasteiger partial charge in [-0.3, -0.25) is 14.5 Å². The van der Waals surface area contributed by atoms with Crippen LogP contribution in [0.1, 0.15) is 65.0 Å². The van der Waals surface area contributed by atoms with Crippen molar-refractivity contribution >= 4 is 17.8 Å². The monoisotopic (exact) mass is 492 g/mol. The number of ether oxygens (including phenoxy) is 2. The fraction of sp³-hybridized carbons (Fsp3) is 0.640. The van der Waals surface area contributed by atoms with Crippen LogP contribution in [0.3, 0.4) is 0 Å². The highest BCUT2D eigenvalue weighted by atomic mass is 19.1. The van der Waals surface area contributed by atoms with Gasteiger partial charge in [-0.1, -0.05) is 0 Å². The van der Waals surface area contributed by atoms with Crippen LogP contribution in [-0.4, -0.2) is 53.6 Å². The second-order valence-corrected chi connectivity index (χ2v) is 11.0. The molecule has 0 aromatic heterocycles. The molecule has 4 unspecified atom stereocenters. The van der Waals surface area contributed by atoms with Gasteiger partial charge in [-0.05, 0) is 52.5 Å². The number of nitrogens with one attached hydrogen (secondary N) is 1. The quantitative estimate of drug-likeness (QED) is 0.609. The Hall–Kier alpha value is -2.75. The maximum Gasteiger partial charge on any atom is 0.231 e. The number of rotatable bonds is 7. The minimum atomic E-state index is -0.794. The van der Waals surface area contributed by atoms with Crippen LogP contribution in [0.2, 0.25) is 0 Å². The number of amides is 2. The van der Waals surface area contributed by atoms with E-state index < -0.39 is 28.8 Å². The molecule has 0 bridgehead atoms. The standard InChI is InChI=1S/C25H34F2N4O4/c1-24(2)12-20(32)31(23(28)30-24)19(6-7-34-5)14-10-15(14)22(33)29-18-11-25(3,4)35-21-16(18)8-13(26)9-17(21)27/h8-9,14-15,18-19H,6-7,10-12H2,1-5H3,(H2,28,30)(H,29,33). The first-order chi connectivity index (χ1) is 16.3. The van der Waals surface area contributed by atoms with Crippen LogP contribution in [0.15, 0.2) is 17.1 Å². The Labute approximate surface area is 204 Å². The van der Waals surface area contributed by atoms with Crippen LogP contribution in [0.4, 0.5) is 8.78 Å². The number of nitrogens with two attached hydrogens (primary N) is 1. The molecular formula is C25H34F2N4O4. The zero-order valence-corrected chi connectivity index (χ0v) is 20.9. The highest BCUT2D eigenvalue weighted by Gasteiger charge is 2.52. The molecule has 3 aliphatic rings. The molecule has 1 aromatic rings. The molecule has 0 saturated heterocycles. The van der Waals surface area contributed by atoms with Gasteiger partial charge in [0.25, 0.3) is 0 Å². The van der Waals surface area contributed by atoms with Gasteiger partial charge in [-0.25, -0.2) is 13.8 Å². The first kappa shape index (κ1) is 25.3. The molecule has 1 aliphatic carbocycles. The fourth-order valence-corrected chi connectivity index (χ4v) is 5.33. The molecule has 2 heterocycles. The topological polar surface area (TPSA) is 106 Å². The highest BCUT2D eigenvalue weighted by molar-refractivity contribution is 5.99. The molecule has 2 aliphatic heterocycles. The first-order valence-electron chi connectivity index (χ1n) is 12.0. The number of benzene rings is 1. The predicted molar refractivity (Wildman–Crippen MR) is 126 cm³/mol. The second kappa shape index (κ2) is 9.04. The Balaban J connectivity index is 1.53. The van der Waals surface area contributed by atoms with Crippen molar-refractivity contribution in [2.75, 3.05) is 13.7 Å². The molecule has 0 spiro atoms. The maximum absolute atomic E-state index is 14.4. The lowest BCUT2D eigenvalue weighted by molar-refractivity contribution is -0.132. The number of carbonyl (C=O) groups excluding carboxylic acids is 2. The molecule has 10 heteroatoms. The zero-order valence-electron chi connectivity index (χ0n) is 20.9. The summed E-state index contributed by atoms with van der Waals surface area (Å²) in [5.41, 5.74) is 5.16. The molecule has 35 heavy (non-hydrogen) atoms. The summed E-state index contributed by atoms with van der Waals surface area (Å²) in [5.74, 6) is -2.24. The molecule has 8 nitrogen and oxygen atoms in total. The minimum absolute atomic E-state index is 0.0382. The molecule has 1 aromatic carbocycles. The Bertz CT molecular complexity index is 1060. The molecule has 192 valence electrons. The van der Waals surface area contributed by atoms with E-state index in [4.69, 9.17) is 15.2 Å². The van der Waals surface area contributed by atoms with Gasteiger partial charge in [0.1, 0.15) is 11.4 Å². The van der Waals surface area contributed by atoms with Crippen LogP contribution < -0.4 is 15.8 Å². The van der Waals surface area contributed by atoms with E-state index in [1.807, 2.05) is 13.8 Å². The number of carbonyl (C=O) groups is 2. The van der Waals surface area contributed by atoms with E-state index in [9.17, 15) is 18.4 Å². The molecule has 4 atom stereocenters. The third-order valence-electron chi connectivity index (χ3n) is 6.94. The third-order valence-corrected chi connectivity index (χ3v) is 6.94. The molecule has 1 fully saturated rings. The van der Waals surface area contributed by atoms with Gasteiger partial charge in [0, 0.05) is 43.7 Å². The number of aliphatic imine (C=N–C) groups is 1. The largest absolute Gasteiger partial charge is 0.484 e. The normalized spacial score (nSPS) is 27.4. The Kier molecular flexibility index (Phi) is 6.54. The number of fused-ring (bicyclic) bond motifs is 1. The number of hydrogen-bond donors (Lipinski definition) is 2. The van der Waals surface area contributed by atoms with Crippen molar-refractivity contribution in [3.8, 4) is 5.75 Å². The molecule has 0 radical (unpaired) electrons. The van der Waals surface area contributed by atoms with Crippen molar-refractivity contribution < 1.29 is 27.8 Å². The van der Waals surface area contributed by atoms with E-state index in [2.05, 4.69) is 10.3 Å². The summed E-state index contributed by atoms with van der Waals surface area (Å²) in [6.45, 7) is 7.70. The molecule has 2 amide bonds. The summed E-state index contributed by atoms with van der Waals surface area (Å²) in [7, 11) is 1.58. The third kappa shape index (κ3) is 5.27. The van der Waals surface area contributed by atoms with Gasteiger partial charge < -0.3 is 20.5 Å². The highest BCUT2D eigenvalue weighted by Crippen LogP contribution is 2.47. The SMILES string of the molecule is COCCC(C1CC1C(=O)NC1CC(C)(C)Oc2c(F)cc(F)cc21)N1C(=O)CC(C)(C)N=C1N. The summed E-state index contributed by atoms with van der Waals surface area (Å²) >= 11 is 0. The van der Waals surface area contributed by atoms with E-state index in [0.717, 1.165) is 6.07 Å². The molecular weight excluding hydrogens is 458 g/mol. The van der Waals surface area contributed by atoms with Crippen LogP contribution in [0, 0.1) is 23.5 Å². The van der Waals surface area contributed by atoms with Gasteiger partial charge in [0.15, 0.2) is 17.5 Å². The first-order valence-corrected chi connectivity index (χ1v) is 12.0. The molecule has 4 rings (SSSR count). The smallest absolute Gasteiger partial charge is 0.231 e. The number of nitrogens with zero attached hydrogens (tertiary/aromatic N) is 2. The van der Waals surface area contributed by atoms with Crippen molar-refractivity contribution in [3.63, 3.8) is 0 Å². The van der Waals surface area contributed by atoms with Crippen molar-refractivity contribution in [1.82, 2.24) is 10.2 Å². The summed E-state index contributed by atoms with van der Waals surface area (Å²) in [6, 6.07) is 1.05. The van der Waals surface area contributed by atoms with Crippen LogP contribution in [-0.2, 0) is 14.3 Å². The van der Waals surface area contributed by atoms with Gasteiger partial charge in [0.05, 0.1) is 18.0 Å². The second-order valence-electron chi connectivity index (χ2n) is 11.0. The van der Waals surface area contributed by atoms with E-state index in [1.54, 1.807) is 21.0 Å². The van der Waals surface area contributed by atoms with Gasteiger partial charge in [-0.2, -0.15) is 0 Å². The Morgan fingerprint density at radius 3 is 2.71 bits per heavy atom. The van der Waals surface area contributed by atoms with Crippen molar-refractivity contribution in [3.05, 3.63) is 29.3 Å². The summed E-state index contributed by atoms with van der Waals surface area (Å²) in [5, 5.41) is 2.98. The van der Waals surface area contributed by atoms with Crippen molar-refractivity contribution in [2.24, 2.45) is 22.6 Å². The number of methoxy groups -OCH3 is 1. The van der Waals surface area contributed by atoms with Crippen molar-refractivity contribution in [2.45, 2.75) is 76.6 Å². The molecule has 1 saturated carbocycles.